The molecule has 0 unspecified atom stereocenters. The van der Waals surface area contributed by atoms with Crippen molar-refractivity contribution in [2.45, 2.75) is 41.5 Å². The van der Waals surface area contributed by atoms with E-state index in [1.54, 1.807) is 0 Å². The summed E-state index contributed by atoms with van der Waals surface area (Å²) in [6.45, 7) is 13.5. The zero-order chi connectivity index (χ0) is 32.8. The smallest absolute Gasteiger partial charge is 0.0726 e. The van der Waals surface area contributed by atoms with Crippen molar-refractivity contribution in [3.8, 4) is 0 Å². The summed E-state index contributed by atoms with van der Waals surface area (Å²) in [5.41, 5.74) is 11.2. The SMILES string of the molecule is Cc1ccc(/C(=C2\C=CC(C(C)(C)C3C=CC=C3)=N2)c2ccc(/C(=C3\C=CC(C(C)(C)C4C=CC=C4)=N3)c3ccc(C)cc3)s2)cc1. The summed E-state index contributed by atoms with van der Waals surface area (Å²) in [6, 6.07) is 22.3. The molecule has 0 saturated heterocycles. The Labute approximate surface area is 284 Å². The lowest BCUT2D eigenvalue weighted by molar-refractivity contribution is 0.445. The third-order valence-corrected chi connectivity index (χ3v) is 11.2. The molecule has 2 aliphatic heterocycles. The van der Waals surface area contributed by atoms with Crippen molar-refractivity contribution >= 4 is 33.9 Å². The minimum Gasteiger partial charge on any atom is -0.252 e. The minimum atomic E-state index is -0.105. The molecule has 0 amide bonds. The van der Waals surface area contributed by atoms with Gasteiger partial charge in [0.25, 0.3) is 0 Å². The fraction of sp³-hybridized carbons (Fsp3) is 0.227. The largest absolute Gasteiger partial charge is 0.252 e. The summed E-state index contributed by atoms with van der Waals surface area (Å²) in [6.07, 6.45) is 26.5. The van der Waals surface area contributed by atoms with E-state index in [0.29, 0.717) is 11.8 Å². The van der Waals surface area contributed by atoms with Gasteiger partial charge in [-0.25, -0.2) is 0 Å². The van der Waals surface area contributed by atoms with E-state index in [1.807, 2.05) is 11.3 Å². The summed E-state index contributed by atoms with van der Waals surface area (Å²) in [5.74, 6) is 0.668. The minimum absolute atomic E-state index is 0.105. The standard InChI is InChI=1S/C44H42N2S/c1-29-15-19-31(20-16-29)41(35-23-27-39(45-35)43(3,4)33-11-7-8-12-33)37-25-26-38(47-37)42(32-21-17-30(2)18-22-32)36-24-28-40(46-36)44(5,6)34-13-9-10-14-34/h7-28,33-34H,1-6H3/b41-35-,42-36+. The Balaban J connectivity index is 1.35. The summed E-state index contributed by atoms with van der Waals surface area (Å²) >= 11 is 1.82. The number of allylic oxidation sites excluding steroid dienone is 12. The fourth-order valence-electron chi connectivity index (χ4n) is 6.77. The topological polar surface area (TPSA) is 24.7 Å². The number of rotatable bonds is 8. The maximum Gasteiger partial charge on any atom is 0.0726 e. The predicted molar refractivity (Wildman–Crippen MR) is 203 cm³/mol. The van der Waals surface area contributed by atoms with Crippen molar-refractivity contribution in [2.75, 3.05) is 0 Å². The molecule has 0 fully saturated rings. The van der Waals surface area contributed by atoms with Gasteiger partial charge in [0.15, 0.2) is 0 Å². The van der Waals surface area contributed by atoms with Gasteiger partial charge in [0.05, 0.1) is 11.4 Å². The van der Waals surface area contributed by atoms with Crippen molar-refractivity contribution in [1.82, 2.24) is 0 Å². The molecular formula is C44H42N2S. The summed E-state index contributed by atoms with van der Waals surface area (Å²) in [4.78, 5) is 13.0. The number of benzene rings is 2. The zero-order valence-electron chi connectivity index (χ0n) is 28.2. The Hall–Kier alpha value is -4.60. The Bertz CT molecular complexity index is 1850. The van der Waals surface area contributed by atoms with E-state index in [2.05, 4.69) is 175 Å². The van der Waals surface area contributed by atoms with Crippen molar-refractivity contribution in [1.29, 1.82) is 0 Å². The normalized spacial score (nSPS) is 19.8. The molecule has 234 valence electrons. The number of hydrogen-bond donors (Lipinski definition) is 0. The van der Waals surface area contributed by atoms with Crippen molar-refractivity contribution in [3.63, 3.8) is 0 Å². The molecule has 0 N–H and O–H groups in total. The molecule has 4 aliphatic rings. The van der Waals surface area contributed by atoms with Crippen molar-refractivity contribution < 1.29 is 0 Å². The average molecular weight is 631 g/mol. The molecule has 0 saturated carbocycles. The number of thiophene rings is 1. The Morgan fingerprint density at radius 1 is 0.511 bits per heavy atom. The zero-order valence-corrected chi connectivity index (χ0v) is 29.0. The van der Waals surface area contributed by atoms with Gasteiger partial charge >= 0.3 is 0 Å². The lowest BCUT2D eigenvalue weighted by Gasteiger charge is -2.28. The van der Waals surface area contributed by atoms with E-state index in [9.17, 15) is 0 Å². The average Bonchev–Trinajstić information content (AvgIpc) is 3.91. The third kappa shape index (κ3) is 5.90. The van der Waals surface area contributed by atoms with Crippen LogP contribution in [0.2, 0.25) is 0 Å². The van der Waals surface area contributed by atoms with Crippen LogP contribution in [-0.4, -0.2) is 11.4 Å². The van der Waals surface area contributed by atoms with E-state index < -0.39 is 0 Å². The molecule has 0 bridgehead atoms. The van der Waals surface area contributed by atoms with Crippen LogP contribution in [0.25, 0.3) is 11.1 Å². The van der Waals surface area contributed by atoms with Crippen molar-refractivity contribution in [3.05, 3.63) is 177 Å². The number of aliphatic imine (C=N–C) groups is 2. The van der Waals surface area contributed by atoms with Gasteiger partial charge in [-0.1, -0.05) is 136 Å². The van der Waals surface area contributed by atoms with Crippen LogP contribution in [0.15, 0.2) is 155 Å². The third-order valence-electron chi connectivity index (χ3n) is 10.1. The summed E-state index contributed by atoms with van der Waals surface area (Å²) < 4.78 is 0. The first kappa shape index (κ1) is 31.0. The lowest BCUT2D eigenvalue weighted by atomic mass is 9.75. The highest BCUT2D eigenvalue weighted by Gasteiger charge is 2.34. The van der Waals surface area contributed by atoms with E-state index >= 15 is 0 Å². The van der Waals surface area contributed by atoms with Crippen LogP contribution in [0.5, 0.6) is 0 Å². The maximum absolute atomic E-state index is 5.32. The highest BCUT2D eigenvalue weighted by Crippen LogP contribution is 2.43. The van der Waals surface area contributed by atoms with Crippen molar-refractivity contribution in [2.24, 2.45) is 32.7 Å². The van der Waals surface area contributed by atoms with Gasteiger partial charge in [0.1, 0.15) is 0 Å². The first-order valence-corrected chi connectivity index (χ1v) is 17.4. The van der Waals surface area contributed by atoms with Crippen LogP contribution in [-0.2, 0) is 0 Å². The molecule has 7 rings (SSSR count). The molecule has 0 atom stereocenters. The molecule has 2 aliphatic carbocycles. The second-order valence-electron chi connectivity index (χ2n) is 14.1. The second kappa shape index (κ2) is 12.2. The van der Waals surface area contributed by atoms with Gasteiger partial charge in [-0.2, -0.15) is 0 Å². The summed E-state index contributed by atoms with van der Waals surface area (Å²) in [5, 5.41) is 0. The van der Waals surface area contributed by atoms with Crippen LogP contribution in [0.3, 0.4) is 0 Å². The summed E-state index contributed by atoms with van der Waals surface area (Å²) in [7, 11) is 0. The number of aryl methyl sites for hydroxylation is 2. The second-order valence-corrected chi connectivity index (χ2v) is 15.2. The number of nitrogens with zero attached hydrogens (tertiary/aromatic N) is 2. The molecule has 47 heavy (non-hydrogen) atoms. The van der Waals surface area contributed by atoms with E-state index in [-0.39, 0.29) is 10.8 Å². The molecule has 3 heteroatoms. The molecule has 2 nitrogen and oxygen atoms in total. The lowest BCUT2D eigenvalue weighted by Crippen LogP contribution is -2.28. The molecule has 0 spiro atoms. The van der Waals surface area contributed by atoms with Gasteiger partial charge in [-0.15, -0.1) is 11.3 Å². The maximum atomic E-state index is 5.32. The highest BCUT2D eigenvalue weighted by atomic mass is 32.1. The monoisotopic (exact) mass is 630 g/mol. The predicted octanol–water partition coefficient (Wildman–Crippen LogP) is 11.4. The number of hydrogen-bond acceptors (Lipinski definition) is 3. The van der Waals surface area contributed by atoms with Gasteiger partial charge < -0.3 is 0 Å². The molecule has 3 aromatic rings. The van der Waals surface area contributed by atoms with E-state index in [1.165, 1.54) is 43.2 Å². The molecule has 1 aromatic heterocycles. The molecular weight excluding hydrogens is 589 g/mol. The highest BCUT2D eigenvalue weighted by molar-refractivity contribution is 7.14. The molecule has 0 radical (unpaired) electrons. The van der Waals surface area contributed by atoms with Gasteiger partial charge in [-0.3, -0.25) is 9.98 Å². The van der Waals surface area contributed by atoms with Crippen LogP contribution in [0, 0.1) is 36.5 Å². The van der Waals surface area contributed by atoms with Gasteiger partial charge in [0, 0.05) is 55.0 Å². The van der Waals surface area contributed by atoms with Crippen LogP contribution in [0.4, 0.5) is 0 Å². The Morgan fingerprint density at radius 3 is 1.23 bits per heavy atom. The first-order valence-electron chi connectivity index (χ1n) is 16.6. The van der Waals surface area contributed by atoms with Crippen LogP contribution in [0.1, 0.15) is 59.7 Å². The van der Waals surface area contributed by atoms with Crippen LogP contribution < -0.4 is 0 Å². The van der Waals surface area contributed by atoms with Gasteiger partial charge in [0.2, 0.25) is 0 Å². The molecule has 2 aromatic carbocycles. The first-order chi connectivity index (χ1) is 22.6. The van der Waals surface area contributed by atoms with Crippen LogP contribution >= 0.6 is 11.3 Å². The quantitative estimate of drug-likeness (QED) is 0.237. The Kier molecular flexibility index (Phi) is 8.06. The van der Waals surface area contributed by atoms with Gasteiger partial charge in [-0.05, 0) is 61.4 Å². The fourth-order valence-corrected chi connectivity index (χ4v) is 7.93. The Morgan fingerprint density at radius 2 is 0.872 bits per heavy atom. The molecule has 3 heterocycles. The van der Waals surface area contributed by atoms with E-state index in [0.717, 1.165) is 22.8 Å². The van der Waals surface area contributed by atoms with E-state index in [4.69, 9.17) is 9.98 Å².